The van der Waals surface area contributed by atoms with Crippen molar-refractivity contribution in [3.8, 4) is 11.1 Å². The SMILES string of the molecule is O=C[C@H](C(=O)N1CCC[C@H](C(=O)OCCN2CCOCC2)C1)c1ccc2c(-c3ccc(F)cc3Cl)cc(=O)oc2c1. The van der Waals surface area contributed by atoms with Crippen LogP contribution in [-0.4, -0.2) is 80.5 Å². The van der Waals surface area contributed by atoms with Gasteiger partial charge in [-0.2, -0.15) is 0 Å². The number of halogens is 2. The molecule has 5 rings (SSSR count). The third kappa shape index (κ3) is 6.66. The van der Waals surface area contributed by atoms with Crippen LogP contribution in [0.4, 0.5) is 4.39 Å². The van der Waals surface area contributed by atoms with E-state index in [4.69, 9.17) is 25.5 Å². The summed E-state index contributed by atoms with van der Waals surface area (Å²) < 4.78 is 29.8. The lowest BCUT2D eigenvalue weighted by atomic mass is 9.93. The van der Waals surface area contributed by atoms with Crippen molar-refractivity contribution in [2.45, 2.75) is 18.8 Å². The summed E-state index contributed by atoms with van der Waals surface area (Å²) in [5.41, 5.74) is 0.722. The van der Waals surface area contributed by atoms with Gasteiger partial charge in [0.05, 0.1) is 24.2 Å². The molecule has 0 unspecified atom stereocenters. The number of carbonyl (C=O) groups is 3. The van der Waals surface area contributed by atoms with Gasteiger partial charge in [-0.25, -0.2) is 9.18 Å². The third-order valence-electron chi connectivity index (χ3n) is 7.57. The second-order valence-corrected chi connectivity index (χ2v) is 10.6. The zero-order valence-electron chi connectivity index (χ0n) is 22.4. The Morgan fingerprint density at radius 2 is 1.90 bits per heavy atom. The van der Waals surface area contributed by atoms with Crippen LogP contribution in [0.3, 0.4) is 0 Å². The molecular weight excluding hydrogens is 555 g/mol. The molecule has 216 valence electrons. The lowest BCUT2D eigenvalue weighted by Gasteiger charge is -2.33. The molecule has 1 amide bonds. The molecule has 2 fully saturated rings. The van der Waals surface area contributed by atoms with Crippen LogP contribution >= 0.6 is 11.6 Å². The zero-order valence-corrected chi connectivity index (χ0v) is 23.1. The average molecular weight is 585 g/mol. The largest absolute Gasteiger partial charge is 0.464 e. The molecule has 2 aromatic carbocycles. The lowest BCUT2D eigenvalue weighted by molar-refractivity contribution is -0.152. The fourth-order valence-electron chi connectivity index (χ4n) is 5.37. The quantitative estimate of drug-likeness (QED) is 0.171. The maximum Gasteiger partial charge on any atom is 0.336 e. The van der Waals surface area contributed by atoms with Crippen molar-refractivity contribution in [2.75, 3.05) is 52.5 Å². The van der Waals surface area contributed by atoms with E-state index in [1.54, 1.807) is 12.1 Å². The summed E-state index contributed by atoms with van der Waals surface area (Å²) in [7, 11) is 0. The minimum Gasteiger partial charge on any atom is -0.464 e. The molecule has 2 saturated heterocycles. The van der Waals surface area contributed by atoms with Crippen LogP contribution in [0.1, 0.15) is 24.3 Å². The maximum atomic E-state index is 13.6. The number of esters is 1. The Labute approximate surface area is 240 Å². The van der Waals surface area contributed by atoms with E-state index in [-0.39, 0.29) is 29.7 Å². The highest BCUT2D eigenvalue weighted by molar-refractivity contribution is 6.33. The smallest absolute Gasteiger partial charge is 0.336 e. The number of fused-ring (bicyclic) bond motifs is 1. The number of ether oxygens (including phenoxy) is 2. The topological polar surface area (TPSA) is 106 Å². The number of morpholine rings is 1. The van der Waals surface area contributed by atoms with E-state index in [9.17, 15) is 23.6 Å². The van der Waals surface area contributed by atoms with Crippen molar-refractivity contribution >= 4 is 40.7 Å². The molecule has 0 aliphatic carbocycles. The van der Waals surface area contributed by atoms with Crippen LogP contribution < -0.4 is 5.63 Å². The highest BCUT2D eigenvalue weighted by atomic mass is 35.5. The van der Waals surface area contributed by atoms with E-state index in [2.05, 4.69) is 4.90 Å². The van der Waals surface area contributed by atoms with E-state index in [0.29, 0.717) is 67.5 Å². The number of hydrogen-bond donors (Lipinski definition) is 0. The molecule has 3 heterocycles. The van der Waals surface area contributed by atoms with Gasteiger partial charge in [0.15, 0.2) is 0 Å². The van der Waals surface area contributed by atoms with E-state index in [1.807, 2.05) is 0 Å². The summed E-state index contributed by atoms with van der Waals surface area (Å²) in [6.07, 6.45) is 1.75. The summed E-state index contributed by atoms with van der Waals surface area (Å²) >= 11 is 6.24. The Morgan fingerprint density at radius 3 is 2.66 bits per heavy atom. The first-order valence-electron chi connectivity index (χ1n) is 13.6. The van der Waals surface area contributed by atoms with Crippen LogP contribution in [0.2, 0.25) is 5.02 Å². The normalized spacial score (nSPS) is 18.7. The van der Waals surface area contributed by atoms with Gasteiger partial charge >= 0.3 is 11.6 Å². The van der Waals surface area contributed by atoms with Gasteiger partial charge in [-0.15, -0.1) is 0 Å². The number of hydrogen-bond acceptors (Lipinski definition) is 8. The maximum absolute atomic E-state index is 13.6. The van der Waals surface area contributed by atoms with Gasteiger partial charge in [-0.3, -0.25) is 14.5 Å². The van der Waals surface area contributed by atoms with Gasteiger partial charge < -0.3 is 23.6 Å². The molecule has 0 N–H and O–H groups in total. The van der Waals surface area contributed by atoms with E-state index in [1.165, 1.54) is 29.2 Å². The number of benzene rings is 2. The third-order valence-corrected chi connectivity index (χ3v) is 7.89. The second-order valence-electron chi connectivity index (χ2n) is 10.2. The average Bonchev–Trinajstić information content (AvgIpc) is 2.97. The molecule has 11 heteroatoms. The summed E-state index contributed by atoms with van der Waals surface area (Å²) in [4.78, 5) is 54.4. The van der Waals surface area contributed by atoms with Crippen LogP contribution in [0.15, 0.2) is 51.7 Å². The van der Waals surface area contributed by atoms with Gasteiger partial charge in [0.25, 0.3) is 0 Å². The van der Waals surface area contributed by atoms with Crippen LogP contribution in [0, 0.1) is 11.7 Å². The molecular formula is C30H30ClFN2O7. The first-order valence-corrected chi connectivity index (χ1v) is 14.0. The van der Waals surface area contributed by atoms with Gasteiger partial charge in [-0.1, -0.05) is 23.7 Å². The number of rotatable bonds is 8. The van der Waals surface area contributed by atoms with Gasteiger partial charge in [0.2, 0.25) is 5.91 Å². The highest BCUT2D eigenvalue weighted by Crippen LogP contribution is 2.34. The number of piperidine rings is 1. The predicted octanol–water partition coefficient (Wildman–Crippen LogP) is 3.65. The molecule has 2 aliphatic heterocycles. The first kappa shape index (κ1) is 28.9. The molecule has 0 spiro atoms. The first-order chi connectivity index (χ1) is 19.8. The fraction of sp³-hybridized carbons (Fsp3) is 0.400. The number of likely N-dealkylation sites (tertiary alicyclic amines) is 1. The Morgan fingerprint density at radius 1 is 1.10 bits per heavy atom. The number of nitrogens with zero attached hydrogens (tertiary/aromatic N) is 2. The molecule has 2 atom stereocenters. The van der Waals surface area contributed by atoms with Crippen molar-refractivity contribution in [3.05, 3.63) is 69.3 Å². The summed E-state index contributed by atoms with van der Waals surface area (Å²) in [5, 5.41) is 0.637. The van der Waals surface area contributed by atoms with Gasteiger partial charge in [0.1, 0.15) is 30.2 Å². The van der Waals surface area contributed by atoms with Crippen molar-refractivity contribution in [1.29, 1.82) is 0 Å². The molecule has 41 heavy (non-hydrogen) atoms. The van der Waals surface area contributed by atoms with E-state index in [0.717, 1.165) is 19.2 Å². The van der Waals surface area contributed by atoms with Crippen molar-refractivity contribution in [2.24, 2.45) is 5.92 Å². The predicted molar refractivity (Wildman–Crippen MR) is 149 cm³/mol. The summed E-state index contributed by atoms with van der Waals surface area (Å²) in [5.74, 6) is -2.92. The summed E-state index contributed by atoms with van der Waals surface area (Å²) in [6, 6.07) is 9.85. The molecule has 0 bridgehead atoms. The monoisotopic (exact) mass is 584 g/mol. The molecule has 0 radical (unpaired) electrons. The van der Waals surface area contributed by atoms with Crippen molar-refractivity contribution in [1.82, 2.24) is 9.80 Å². The number of carbonyl (C=O) groups excluding carboxylic acids is 3. The molecule has 1 aromatic heterocycles. The van der Waals surface area contributed by atoms with Gasteiger partial charge in [-0.05, 0) is 42.7 Å². The Balaban J connectivity index is 1.30. The second kappa shape index (κ2) is 12.9. The summed E-state index contributed by atoms with van der Waals surface area (Å²) in [6.45, 7) is 4.41. The van der Waals surface area contributed by atoms with Crippen LogP contribution in [-0.2, 0) is 23.9 Å². The highest BCUT2D eigenvalue weighted by Gasteiger charge is 2.33. The fourth-order valence-corrected chi connectivity index (χ4v) is 5.64. The van der Waals surface area contributed by atoms with E-state index >= 15 is 0 Å². The molecule has 3 aromatic rings. The Kier molecular flexibility index (Phi) is 9.12. The van der Waals surface area contributed by atoms with Crippen LogP contribution in [0.25, 0.3) is 22.1 Å². The van der Waals surface area contributed by atoms with Crippen molar-refractivity contribution in [3.63, 3.8) is 0 Å². The van der Waals surface area contributed by atoms with E-state index < -0.39 is 29.2 Å². The van der Waals surface area contributed by atoms with Gasteiger partial charge in [0, 0.05) is 55.3 Å². The molecule has 2 aliphatic rings. The Bertz CT molecular complexity index is 1500. The number of amides is 1. The molecule has 9 nitrogen and oxygen atoms in total. The molecule has 0 saturated carbocycles. The number of aldehydes is 1. The Hall–Kier alpha value is -3.60. The minimum absolute atomic E-state index is 0.126. The standard InChI is InChI=1S/C30H30ClFN2O7/c31-26-15-21(32)4-6-22(26)24-16-28(36)41-27-14-19(3-5-23(24)27)25(18-35)29(37)34-7-1-2-20(17-34)30(38)40-13-10-33-8-11-39-12-9-33/h3-6,14-16,18,20,25H,1-2,7-13,17H2/t20-,25-/m0/s1. The van der Waals surface area contributed by atoms with Crippen LogP contribution in [0.5, 0.6) is 0 Å². The van der Waals surface area contributed by atoms with Crippen molar-refractivity contribution < 1.29 is 32.7 Å². The zero-order chi connectivity index (χ0) is 28.9. The lowest BCUT2D eigenvalue weighted by Crippen LogP contribution is -2.45. The minimum atomic E-state index is -1.15.